The average molecular weight is 434 g/mol. The Morgan fingerprint density at radius 1 is 0.548 bits per heavy atom. The summed E-state index contributed by atoms with van der Waals surface area (Å²) in [5.74, 6) is 1.53. The van der Waals surface area contributed by atoms with Crippen LogP contribution in [-0.2, 0) is 19.5 Å². The maximum absolute atomic E-state index is 2.53. The highest BCUT2D eigenvalue weighted by atomic mass is 15.1. The molecule has 0 aliphatic heterocycles. The molecule has 0 saturated carbocycles. The van der Waals surface area contributed by atoms with E-state index < -0.39 is 0 Å². The Morgan fingerprint density at radius 3 is 1.42 bits per heavy atom. The molecule has 0 spiro atoms. The molecule has 0 atom stereocenters. The predicted octanol–water partition coefficient (Wildman–Crippen LogP) is 9.18. The van der Waals surface area contributed by atoms with Crippen LogP contribution in [0.2, 0.25) is 0 Å². The topological polar surface area (TPSA) is 8.81 Å². The van der Waals surface area contributed by atoms with Crippen molar-refractivity contribution in [1.29, 1.82) is 0 Å². The summed E-state index contributed by atoms with van der Waals surface area (Å²) in [6.07, 6.45) is 34.2. The van der Waals surface area contributed by atoms with Crippen LogP contribution in [0.4, 0.5) is 0 Å². The van der Waals surface area contributed by atoms with E-state index in [1.807, 2.05) is 0 Å². The van der Waals surface area contributed by atoms with E-state index in [1.54, 1.807) is 0 Å². The molecule has 0 aliphatic carbocycles. The van der Waals surface area contributed by atoms with Gasteiger partial charge in [-0.25, -0.2) is 9.13 Å². The summed E-state index contributed by atoms with van der Waals surface area (Å²) >= 11 is 0. The lowest BCUT2D eigenvalue weighted by atomic mass is 10.1. The van der Waals surface area contributed by atoms with Gasteiger partial charge in [0.2, 0.25) is 0 Å². The standard InChI is InChI=1S/C29H57N2/c1-4-7-9-11-13-15-17-19-21-23-25-30-27-28-31(29(30)6-3)26-24-22-20-18-16-14-12-10-8-5-2/h27-28H,4-26H2,1-3H3/q+1. The van der Waals surface area contributed by atoms with Crippen LogP contribution in [-0.4, -0.2) is 4.57 Å². The number of rotatable bonds is 23. The lowest BCUT2D eigenvalue weighted by Gasteiger charge is -2.05. The maximum atomic E-state index is 2.53. The van der Waals surface area contributed by atoms with E-state index in [1.165, 1.54) is 147 Å². The summed E-state index contributed by atoms with van der Waals surface area (Å²) in [7, 11) is 0. The van der Waals surface area contributed by atoms with E-state index in [2.05, 4.69) is 42.3 Å². The van der Waals surface area contributed by atoms with Crippen molar-refractivity contribution in [1.82, 2.24) is 4.57 Å². The largest absolute Gasteiger partial charge is 0.256 e. The van der Waals surface area contributed by atoms with Crippen LogP contribution in [0, 0.1) is 0 Å². The van der Waals surface area contributed by atoms with E-state index >= 15 is 0 Å². The van der Waals surface area contributed by atoms with Gasteiger partial charge in [0, 0.05) is 6.42 Å². The molecule has 0 N–H and O–H groups in total. The fraction of sp³-hybridized carbons (Fsp3) is 0.897. The quantitative estimate of drug-likeness (QED) is 0.120. The van der Waals surface area contributed by atoms with Crippen molar-refractivity contribution < 1.29 is 4.57 Å². The predicted molar refractivity (Wildman–Crippen MR) is 138 cm³/mol. The van der Waals surface area contributed by atoms with Gasteiger partial charge in [0.25, 0.3) is 5.82 Å². The second-order valence-electron chi connectivity index (χ2n) is 9.82. The fourth-order valence-corrected chi connectivity index (χ4v) is 4.85. The molecule has 0 aromatic carbocycles. The van der Waals surface area contributed by atoms with Crippen LogP contribution in [0.3, 0.4) is 0 Å². The van der Waals surface area contributed by atoms with Crippen molar-refractivity contribution >= 4 is 0 Å². The minimum Gasteiger partial charge on any atom is -0.234 e. The van der Waals surface area contributed by atoms with Gasteiger partial charge in [0.15, 0.2) is 0 Å². The zero-order chi connectivity index (χ0) is 22.4. The number of imidazole rings is 1. The Bertz CT molecular complexity index is 449. The monoisotopic (exact) mass is 433 g/mol. The highest BCUT2D eigenvalue weighted by molar-refractivity contribution is 4.83. The molecule has 182 valence electrons. The van der Waals surface area contributed by atoms with Gasteiger partial charge in [-0.05, 0) is 25.7 Å². The molecular formula is C29H57N2+. The van der Waals surface area contributed by atoms with Crippen molar-refractivity contribution in [3.8, 4) is 0 Å². The fourth-order valence-electron chi connectivity index (χ4n) is 4.85. The van der Waals surface area contributed by atoms with Crippen LogP contribution >= 0.6 is 0 Å². The van der Waals surface area contributed by atoms with Crippen LogP contribution in [0.25, 0.3) is 0 Å². The normalized spacial score (nSPS) is 11.5. The van der Waals surface area contributed by atoms with Gasteiger partial charge in [0.1, 0.15) is 12.4 Å². The van der Waals surface area contributed by atoms with Crippen molar-refractivity contribution in [2.75, 3.05) is 0 Å². The second-order valence-corrected chi connectivity index (χ2v) is 9.82. The Balaban J connectivity index is 2.06. The third-order valence-electron chi connectivity index (χ3n) is 6.91. The van der Waals surface area contributed by atoms with E-state index in [0.29, 0.717) is 0 Å². The van der Waals surface area contributed by atoms with Gasteiger partial charge in [-0.2, -0.15) is 0 Å². The molecule has 31 heavy (non-hydrogen) atoms. The van der Waals surface area contributed by atoms with E-state index in [9.17, 15) is 0 Å². The first-order valence-electron chi connectivity index (χ1n) is 14.4. The van der Waals surface area contributed by atoms with Crippen LogP contribution < -0.4 is 4.57 Å². The second kappa shape index (κ2) is 21.1. The zero-order valence-electron chi connectivity index (χ0n) is 21.8. The summed E-state index contributed by atoms with van der Waals surface area (Å²) in [5.41, 5.74) is 0. The number of nitrogens with zero attached hydrogens (tertiary/aromatic N) is 2. The molecule has 0 aliphatic rings. The molecule has 0 fully saturated rings. The zero-order valence-corrected chi connectivity index (χ0v) is 21.8. The van der Waals surface area contributed by atoms with Gasteiger partial charge in [0.05, 0.1) is 13.1 Å². The van der Waals surface area contributed by atoms with Gasteiger partial charge in [-0.15, -0.1) is 0 Å². The van der Waals surface area contributed by atoms with Crippen LogP contribution in [0.15, 0.2) is 12.4 Å². The van der Waals surface area contributed by atoms with Gasteiger partial charge in [-0.1, -0.05) is 124 Å². The molecule has 1 heterocycles. The smallest absolute Gasteiger partial charge is 0.234 e. The number of unbranched alkanes of at least 4 members (excludes halogenated alkanes) is 18. The molecule has 1 aromatic rings. The molecule has 2 heteroatoms. The summed E-state index contributed by atoms with van der Waals surface area (Å²) < 4.78 is 5.06. The third kappa shape index (κ3) is 14.8. The van der Waals surface area contributed by atoms with Gasteiger partial charge < -0.3 is 0 Å². The molecule has 0 bridgehead atoms. The summed E-state index contributed by atoms with van der Waals surface area (Å²) in [5, 5.41) is 0. The van der Waals surface area contributed by atoms with Gasteiger partial charge in [-0.3, -0.25) is 0 Å². The number of aromatic nitrogens is 2. The highest BCUT2D eigenvalue weighted by Crippen LogP contribution is 2.12. The minimum atomic E-state index is 1.16. The SMILES string of the molecule is CCCCCCCCCCCCn1cc[n+](CCCCCCCCCCCC)c1CC. The first kappa shape index (κ1) is 28.2. The Hall–Kier alpha value is -0.790. The van der Waals surface area contributed by atoms with E-state index in [-0.39, 0.29) is 0 Å². The van der Waals surface area contributed by atoms with E-state index in [4.69, 9.17) is 0 Å². The Morgan fingerprint density at radius 2 is 0.968 bits per heavy atom. The Kier molecular flexibility index (Phi) is 19.2. The number of hydrogen-bond acceptors (Lipinski definition) is 0. The summed E-state index contributed by atoms with van der Waals surface area (Å²) in [6, 6.07) is 0. The van der Waals surface area contributed by atoms with E-state index in [0.717, 1.165) is 6.42 Å². The van der Waals surface area contributed by atoms with Crippen LogP contribution in [0.5, 0.6) is 0 Å². The van der Waals surface area contributed by atoms with Gasteiger partial charge >= 0.3 is 0 Å². The highest BCUT2D eigenvalue weighted by Gasteiger charge is 2.14. The summed E-state index contributed by atoms with van der Waals surface area (Å²) in [6.45, 7) is 9.34. The minimum absolute atomic E-state index is 1.16. The molecule has 2 nitrogen and oxygen atoms in total. The van der Waals surface area contributed by atoms with Crippen LogP contribution in [0.1, 0.15) is 155 Å². The molecule has 0 radical (unpaired) electrons. The maximum Gasteiger partial charge on any atom is 0.256 e. The Labute approximate surface area is 196 Å². The van der Waals surface area contributed by atoms with Crippen molar-refractivity contribution in [2.45, 2.75) is 169 Å². The average Bonchev–Trinajstić information content (AvgIpc) is 3.18. The molecule has 0 amide bonds. The summed E-state index contributed by atoms with van der Waals surface area (Å²) in [4.78, 5) is 0. The molecule has 0 unspecified atom stereocenters. The molecule has 1 aromatic heterocycles. The lowest BCUT2D eigenvalue weighted by Crippen LogP contribution is -2.37. The van der Waals surface area contributed by atoms with Crippen molar-refractivity contribution in [3.63, 3.8) is 0 Å². The molecule has 0 saturated heterocycles. The van der Waals surface area contributed by atoms with Crippen molar-refractivity contribution in [2.24, 2.45) is 0 Å². The molecular weight excluding hydrogens is 376 g/mol. The van der Waals surface area contributed by atoms with Crippen molar-refractivity contribution in [3.05, 3.63) is 18.2 Å². The first-order valence-corrected chi connectivity index (χ1v) is 14.4. The number of aryl methyl sites for hydroxylation is 2. The third-order valence-corrected chi connectivity index (χ3v) is 6.91. The molecule has 1 rings (SSSR count). The number of hydrogen-bond donors (Lipinski definition) is 0. The first-order chi connectivity index (χ1) is 15.3. The lowest BCUT2D eigenvalue weighted by molar-refractivity contribution is -0.704.